The van der Waals surface area contributed by atoms with Gasteiger partial charge in [-0.2, -0.15) is 0 Å². The van der Waals surface area contributed by atoms with Gasteiger partial charge in [0, 0.05) is 88.3 Å². The van der Waals surface area contributed by atoms with E-state index in [1.165, 1.54) is 99.4 Å². The molecule has 0 fully saturated rings. The molecule has 7 heteroatoms. The zero-order valence-corrected chi connectivity index (χ0v) is 48.7. The number of benzene rings is 11. The van der Waals surface area contributed by atoms with Gasteiger partial charge >= 0.3 is 0 Å². The quantitative estimate of drug-likeness (QED) is 0.128. The molecule has 0 spiro atoms. The standard InChI is InChI=1S/C78H63BN4O2/c1-6-8-22-59-67(42-38-57-55-28-14-20-34-73(55)84-76(57)59)82-69-46-49(80-63-30-16-10-24-51(63)52-25-11-17-31-64(52)80)36-40-61(69)79-62-41-37-50(81-65-32-18-12-26-53(65)54-27-13-19-33-66(54)81)47-70(62)83(72-45-48(78(3,4)5)44-71(82)75(72)79)68-43-39-58-56-29-15-21-35-74(56)85-77(58)60(68)23-9-7-2/h10-21,24-47H,6-9,22-23H2,1-5H3. The summed E-state index contributed by atoms with van der Waals surface area (Å²) < 4.78 is 19.1. The maximum absolute atomic E-state index is 7.09. The molecule has 0 saturated heterocycles. The maximum Gasteiger partial charge on any atom is 0.252 e. The van der Waals surface area contributed by atoms with Crippen molar-refractivity contribution in [2.45, 2.75) is 78.6 Å². The molecule has 17 rings (SSSR count). The third-order valence-electron chi connectivity index (χ3n) is 18.9. The van der Waals surface area contributed by atoms with Gasteiger partial charge in [0.15, 0.2) is 0 Å². The lowest BCUT2D eigenvalue weighted by Gasteiger charge is -2.46. The van der Waals surface area contributed by atoms with E-state index >= 15 is 0 Å². The Labute approximate surface area is 494 Å². The number of aromatic nitrogens is 2. The van der Waals surface area contributed by atoms with E-state index in [-0.39, 0.29) is 12.1 Å². The lowest BCUT2D eigenvalue weighted by atomic mass is 9.33. The van der Waals surface area contributed by atoms with Gasteiger partial charge in [0.1, 0.15) is 22.3 Å². The first-order chi connectivity index (χ1) is 41.7. The molecule has 0 aliphatic carbocycles. The highest BCUT2D eigenvalue weighted by molar-refractivity contribution is 7.00. The first-order valence-corrected chi connectivity index (χ1v) is 30.7. The van der Waals surface area contributed by atoms with Gasteiger partial charge in [-0.25, -0.2) is 0 Å². The number of fused-ring (bicyclic) bond motifs is 16. The fourth-order valence-corrected chi connectivity index (χ4v) is 14.9. The van der Waals surface area contributed by atoms with Crippen LogP contribution in [0.3, 0.4) is 0 Å². The first kappa shape index (κ1) is 49.9. The molecular formula is C78H63BN4O2. The predicted molar refractivity (Wildman–Crippen MR) is 360 cm³/mol. The summed E-state index contributed by atoms with van der Waals surface area (Å²) in [4.78, 5) is 5.32. The molecule has 0 radical (unpaired) electrons. The Morgan fingerprint density at radius 2 is 0.741 bits per heavy atom. The zero-order chi connectivity index (χ0) is 56.8. The summed E-state index contributed by atoms with van der Waals surface area (Å²) in [5, 5.41) is 9.59. The van der Waals surface area contributed by atoms with Crippen LogP contribution in [0, 0.1) is 0 Å². The molecule has 6 nitrogen and oxygen atoms in total. The highest BCUT2D eigenvalue weighted by Gasteiger charge is 2.45. The van der Waals surface area contributed by atoms with Crippen molar-refractivity contribution in [2.24, 2.45) is 0 Å². The molecule has 4 aromatic heterocycles. The van der Waals surface area contributed by atoms with Crippen molar-refractivity contribution in [3.8, 4) is 11.4 Å². The molecule has 15 aromatic rings. The molecule has 2 aliphatic rings. The van der Waals surface area contributed by atoms with Crippen LogP contribution in [0.2, 0.25) is 0 Å². The van der Waals surface area contributed by atoms with Gasteiger partial charge in [0.25, 0.3) is 6.71 Å². The zero-order valence-electron chi connectivity index (χ0n) is 48.7. The minimum atomic E-state index is -0.240. The molecular weight excluding hydrogens is 1040 g/mol. The van der Waals surface area contributed by atoms with E-state index in [2.05, 4.69) is 272 Å². The lowest BCUT2D eigenvalue weighted by molar-refractivity contribution is 0.590. The summed E-state index contributed by atoms with van der Waals surface area (Å²) in [6, 6.07) is 82.0. The summed E-state index contributed by atoms with van der Waals surface area (Å²) in [6.45, 7) is 11.6. The summed E-state index contributed by atoms with van der Waals surface area (Å²) >= 11 is 0. The van der Waals surface area contributed by atoms with Crippen LogP contribution < -0.4 is 26.2 Å². The number of hydrogen-bond acceptors (Lipinski definition) is 4. The van der Waals surface area contributed by atoms with Gasteiger partial charge in [-0.1, -0.05) is 169 Å². The predicted octanol–water partition coefficient (Wildman–Crippen LogP) is 19.7. The molecule has 0 amide bonds. The van der Waals surface area contributed by atoms with Gasteiger partial charge in [-0.3, -0.25) is 0 Å². The van der Waals surface area contributed by atoms with Gasteiger partial charge in [-0.15, -0.1) is 0 Å². The van der Waals surface area contributed by atoms with E-state index in [0.29, 0.717) is 0 Å². The van der Waals surface area contributed by atoms with Crippen molar-refractivity contribution in [1.29, 1.82) is 0 Å². The second-order valence-corrected chi connectivity index (χ2v) is 24.8. The SMILES string of the molecule is CCCCc1c(N2c3cc(-n4c5ccccc5c5ccccc54)ccc3B3c4ccc(-n5c6ccccc6c6ccccc65)cc4N(c4ccc5c(oc6ccccc65)c4CCCC)c4cc(C(C)(C)C)cc2c43)ccc2c1oc1ccccc12. The number of rotatable bonds is 10. The van der Waals surface area contributed by atoms with E-state index in [0.717, 1.165) is 105 Å². The van der Waals surface area contributed by atoms with Crippen LogP contribution in [0.5, 0.6) is 0 Å². The van der Waals surface area contributed by atoms with Gasteiger partial charge in [-0.05, 0) is 150 Å². The average molecular weight is 1100 g/mol. The molecule has 0 bridgehead atoms. The normalized spacial score (nSPS) is 13.2. The van der Waals surface area contributed by atoms with Crippen LogP contribution in [-0.4, -0.2) is 15.8 Å². The molecule has 0 unspecified atom stereocenters. The van der Waals surface area contributed by atoms with E-state index in [4.69, 9.17) is 8.83 Å². The lowest BCUT2D eigenvalue weighted by Crippen LogP contribution is -2.61. The Morgan fingerprint density at radius 1 is 0.365 bits per heavy atom. The van der Waals surface area contributed by atoms with Crippen molar-refractivity contribution >= 4 is 145 Å². The van der Waals surface area contributed by atoms with E-state index in [1.54, 1.807) is 0 Å². The Bertz CT molecular complexity index is 4830. The van der Waals surface area contributed by atoms with Gasteiger partial charge in [0.05, 0.1) is 33.4 Å². The van der Waals surface area contributed by atoms with Crippen molar-refractivity contribution < 1.29 is 8.83 Å². The van der Waals surface area contributed by atoms with Crippen LogP contribution in [-0.2, 0) is 18.3 Å². The third kappa shape index (κ3) is 7.32. The fraction of sp³-hybridized carbons (Fsp3) is 0.154. The number of hydrogen-bond donors (Lipinski definition) is 0. The van der Waals surface area contributed by atoms with Crippen LogP contribution >= 0.6 is 0 Å². The van der Waals surface area contributed by atoms with E-state index in [1.807, 2.05) is 0 Å². The topological polar surface area (TPSA) is 42.6 Å². The van der Waals surface area contributed by atoms with E-state index < -0.39 is 0 Å². The summed E-state index contributed by atoms with van der Waals surface area (Å²) in [5.74, 6) is 0. The van der Waals surface area contributed by atoms with Crippen molar-refractivity contribution in [3.05, 3.63) is 235 Å². The first-order valence-electron chi connectivity index (χ1n) is 30.7. The molecule has 11 aromatic carbocycles. The number of aryl methyl sites for hydroxylation is 2. The molecule has 0 N–H and O–H groups in total. The second-order valence-electron chi connectivity index (χ2n) is 24.8. The van der Waals surface area contributed by atoms with Gasteiger partial charge in [0.2, 0.25) is 0 Å². The molecule has 410 valence electrons. The molecule has 0 atom stereocenters. The minimum absolute atomic E-state index is 0.140. The molecule has 85 heavy (non-hydrogen) atoms. The van der Waals surface area contributed by atoms with Crippen LogP contribution in [0.4, 0.5) is 34.1 Å². The van der Waals surface area contributed by atoms with Crippen molar-refractivity contribution in [3.63, 3.8) is 0 Å². The number of nitrogens with zero attached hydrogens (tertiary/aromatic N) is 4. The third-order valence-corrected chi connectivity index (χ3v) is 18.9. The van der Waals surface area contributed by atoms with Gasteiger partial charge < -0.3 is 27.8 Å². The van der Waals surface area contributed by atoms with E-state index in [9.17, 15) is 0 Å². The van der Waals surface area contributed by atoms with Crippen LogP contribution in [0.15, 0.2) is 227 Å². The van der Waals surface area contributed by atoms with Crippen molar-refractivity contribution in [1.82, 2.24) is 9.13 Å². The smallest absolute Gasteiger partial charge is 0.252 e. The van der Waals surface area contributed by atoms with Crippen molar-refractivity contribution in [2.75, 3.05) is 9.80 Å². The number of para-hydroxylation sites is 6. The Morgan fingerprint density at radius 3 is 1.13 bits per heavy atom. The number of furan rings is 2. The summed E-state index contributed by atoms with van der Waals surface area (Å²) in [7, 11) is 0. The minimum Gasteiger partial charge on any atom is -0.456 e. The number of anilines is 6. The molecule has 0 saturated carbocycles. The Kier molecular flexibility index (Phi) is 11.1. The van der Waals surface area contributed by atoms with Crippen LogP contribution in [0.1, 0.15) is 77.0 Å². The highest BCUT2D eigenvalue weighted by atomic mass is 16.3. The maximum atomic E-state index is 7.09. The van der Waals surface area contributed by atoms with Crippen LogP contribution in [0.25, 0.3) is 98.9 Å². The summed E-state index contributed by atoms with van der Waals surface area (Å²) in [5.41, 5.74) is 25.1. The Hall–Kier alpha value is -9.72. The second kappa shape index (κ2) is 18.9. The average Bonchev–Trinajstić information content (AvgIpc) is 1.40. The Balaban J connectivity index is 1.01. The summed E-state index contributed by atoms with van der Waals surface area (Å²) in [6.07, 6.45) is 5.89. The largest absolute Gasteiger partial charge is 0.456 e. The highest BCUT2D eigenvalue weighted by Crippen LogP contribution is 2.51. The number of unbranched alkanes of at least 4 members (excludes halogenated alkanes) is 2. The fourth-order valence-electron chi connectivity index (χ4n) is 14.9. The molecule has 2 aliphatic heterocycles. The molecule has 6 heterocycles. The monoisotopic (exact) mass is 1100 g/mol.